The molecule has 1 saturated carbocycles. The van der Waals surface area contributed by atoms with Crippen molar-refractivity contribution in [2.24, 2.45) is 0 Å². The fraction of sp³-hybridized carbons (Fsp3) is 0.750. The van der Waals surface area contributed by atoms with Gasteiger partial charge in [-0.05, 0) is 12.8 Å². The second-order valence-corrected chi connectivity index (χ2v) is 3.30. The van der Waals surface area contributed by atoms with Crippen molar-refractivity contribution < 1.29 is 10.2 Å². The minimum Gasteiger partial charge on any atom is -0.394 e. The molecule has 72 valence electrons. The number of nitrogens with zero attached hydrogens (tertiary/aromatic N) is 3. The lowest BCUT2D eigenvalue weighted by atomic mass is 10.2. The summed E-state index contributed by atoms with van der Waals surface area (Å²) in [6, 6.07) is 0. The van der Waals surface area contributed by atoms with E-state index in [2.05, 4.69) is 10.3 Å². The van der Waals surface area contributed by atoms with Crippen LogP contribution in [0.25, 0.3) is 0 Å². The molecule has 0 radical (unpaired) electrons. The van der Waals surface area contributed by atoms with Gasteiger partial charge in [0.1, 0.15) is 5.69 Å². The van der Waals surface area contributed by atoms with Gasteiger partial charge < -0.3 is 10.2 Å². The average molecular weight is 183 g/mol. The van der Waals surface area contributed by atoms with Crippen LogP contribution in [0, 0.1) is 0 Å². The third-order valence-corrected chi connectivity index (χ3v) is 2.27. The van der Waals surface area contributed by atoms with Crippen molar-refractivity contribution in [1.82, 2.24) is 15.0 Å². The number of aromatic nitrogens is 3. The Morgan fingerprint density at radius 3 is 2.69 bits per heavy atom. The number of aliphatic hydroxyl groups excluding tert-OH is 2. The van der Waals surface area contributed by atoms with Gasteiger partial charge >= 0.3 is 0 Å². The van der Waals surface area contributed by atoms with Crippen molar-refractivity contribution >= 4 is 0 Å². The van der Waals surface area contributed by atoms with Gasteiger partial charge in [0, 0.05) is 5.92 Å². The SMILES string of the molecule is OCCn1nnc(CO)c1C1CC1. The Labute approximate surface area is 76.0 Å². The molecule has 13 heavy (non-hydrogen) atoms. The van der Waals surface area contributed by atoms with Crippen LogP contribution in [0.3, 0.4) is 0 Å². The van der Waals surface area contributed by atoms with E-state index in [9.17, 15) is 0 Å². The van der Waals surface area contributed by atoms with E-state index in [0.717, 1.165) is 18.5 Å². The predicted octanol–water partition coefficient (Wildman–Crippen LogP) is -0.360. The lowest BCUT2D eigenvalue weighted by Gasteiger charge is -2.03. The highest BCUT2D eigenvalue weighted by Gasteiger charge is 2.30. The summed E-state index contributed by atoms with van der Waals surface area (Å²) < 4.78 is 1.70. The summed E-state index contributed by atoms with van der Waals surface area (Å²) in [5, 5.41) is 25.5. The van der Waals surface area contributed by atoms with Gasteiger partial charge in [-0.2, -0.15) is 0 Å². The number of hydrogen-bond acceptors (Lipinski definition) is 4. The van der Waals surface area contributed by atoms with Gasteiger partial charge in [-0.25, -0.2) is 4.68 Å². The molecule has 5 nitrogen and oxygen atoms in total. The summed E-state index contributed by atoms with van der Waals surface area (Å²) >= 11 is 0. The van der Waals surface area contributed by atoms with Gasteiger partial charge in [-0.1, -0.05) is 5.21 Å². The number of rotatable bonds is 4. The minimum absolute atomic E-state index is 0.0583. The zero-order valence-electron chi connectivity index (χ0n) is 7.35. The highest BCUT2D eigenvalue weighted by atomic mass is 16.3. The average Bonchev–Trinajstić information content (AvgIpc) is 2.89. The first kappa shape index (κ1) is 8.65. The molecule has 0 aromatic carbocycles. The van der Waals surface area contributed by atoms with Crippen molar-refractivity contribution in [3.05, 3.63) is 11.4 Å². The van der Waals surface area contributed by atoms with Crippen LogP contribution in [0.4, 0.5) is 0 Å². The first-order valence-electron chi connectivity index (χ1n) is 4.50. The van der Waals surface area contributed by atoms with E-state index in [1.54, 1.807) is 4.68 Å². The molecule has 1 fully saturated rings. The van der Waals surface area contributed by atoms with Gasteiger partial charge in [-0.3, -0.25) is 0 Å². The van der Waals surface area contributed by atoms with Crippen molar-refractivity contribution in [2.75, 3.05) is 6.61 Å². The van der Waals surface area contributed by atoms with Gasteiger partial charge in [0.05, 0.1) is 25.5 Å². The predicted molar refractivity (Wildman–Crippen MR) is 45.0 cm³/mol. The summed E-state index contributed by atoms with van der Waals surface area (Å²) in [6.45, 7) is 0.476. The van der Waals surface area contributed by atoms with Crippen LogP contribution in [-0.4, -0.2) is 31.8 Å². The van der Waals surface area contributed by atoms with Gasteiger partial charge in [0.15, 0.2) is 0 Å². The third kappa shape index (κ3) is 1.57. The maximum Gasteiger partial charge on any atom is 0.112 e. The Bertz CT molecular complexity index is 294. The summed E-state index contributed by atoms with van der Waals surface area (Å²) in [5.41, 5.74) is 1.67. The largest absolute Gasteiger partial charge is 0.394 e. The number of aliphatic hydroxyl groups is 2. The van der Waals surface area contributed by atoms with Crippen LogP contribution >= 0.6 is 0 Å². The molecule has 0 bridgehead atoms. The van der Waals surface area contributed by atoms with E-state index in [1.165, 1.54) is 0 Å². The van der Waals surface area contributed by atoms with Gasteiger partial charge in [0.25, 0.3) is 0 Å². The lowest BCUT2D eigenvalue weighted by molar-refractivity contribution is 0.264. The van der Waals surface area contributed by atoms with E-state index < -0.39 is 0 Å². The highest BCUT2D eigenvalue weighted by Crippen LogP contribution is 2.41. The Kier molecular flexibility index (Phi) is 2.28. The fourth-order valence-corrected chi connectivity index (χ4v) is 1.53. The van der Waals surface area contributed by atoms with Crippen LogP contribution in [0.15, 0.2) is 0 Å². The first-order valence-corrected chi connectivity index (χ1v) is 4.50. The topological polar surface area (TPSA) is 71.2 Å². The highest BCUT2D eigenvalue weighted by molar-refractivity contribution is 5.19. The zero-order chi connectivity index (χ0) is 9.26. The summed E-state index contributed by atoms with van der Waals surface area (Å²) in [7, 11) is 0. The molecule has 0 unspecified atom stereocenters. The molecule has 0 saturated heterocycles. The maximum absolute atomic E-state index is 9.00. The lowest BCUT2D eigenvalue weighted by Crippen LogP contribution is -2.08. The minimum atomic E-state index is -0.0583. The van der Waals surface area contributed by atoms with Crippen LogP contribution in [0.2, 0.25) is 0 Å². The molecular formula is C8H13N3O2. The zero-order valence-corrected chi connectivity index (χ0v) is 7.35. The molecule has 0 spiro atoms. The molecule has 5 heteroatoms. The molecule has 2 rings (SSSR count). The van der Waals surface area contributed by atoms with E-state index in [4.69, 9.17) is 10.2 Å². The second kappa shape index (κ2) is 3.43. The Balaban J connectivity index is 2.27. The molecule has 1 aliphatic rings. The summed E-state index contributed by atoms with van der Waals surface area (Å²) in [4.78, 5) is 0. The smallest absolute Gasteiger partial charge is 0.112 e. The van der Waals surface area contributed by atoms with Crippen LogP contribution < -0.4 is 0 Å². The fourth-order valence-electron chi connectivity index (χ4n) is 1.53. The Morgan fingerprint density at radius 1 is 1.38 bits per heavy atom. The molecule has 1 heterocycles. The Morgan fingerprint density at radius 2 is 2.15 bits per heavy atom. The van der Waals surface area contributed by atoms with Crippen molar-refractivity contribution in [3.8, 4) is 0 Å². The van der Waals surface area contributed by atoms with E-state index in [0.29, 0.717) is 18.2 Å². The molecule has 1 aromatic heterocycles. The van der Waals surface area contributed by atoms with E-state index in [1.807, 2.05) is 0 Å². The normalized spacial score (nSPS) is 16.5. The first-order chi connectivity index (χ1) is 6.36. The third-order valence-electron chi connectivity index (χ3n) is 2.27. The molecular weight excluding hydrogens is 170 g/mol. The standard InChI is InChI=1S/C8H13N3O2/c12-4-3-11-8(6-1-2-6)7(5-13)9-10-11/h6,12-13H,1-5H2. The van der Waals surface area contributed by atoms with Crippen LogP contribution in [-0.2, 0) is 13.2 Å². The Hall–Kier alpha value is -0.940. The monoisotopic (exact) mass is 183 g/mol. The van der Waals surface area contributed by atoms with Crippen molar-refractivity contribution in [1.29, 1.82) is 0 Å². The molecule has 2 N–H and O–H groups in total. The molecule has 1 aromatic rings. The molecule has 0 aliphatic heterocycles. The van der Waals surface area contributed by atoms with Crippen molar-refractivity contribution in [2.45, 2.75) is 31.9 Å². The molecule has 0 amide bonds. The summed E-state index contributed by atoms with van der Waals surface area (Å²) in [6.07, 6.45) is 2.29. The van der Waals surface area contributed by atoms with E-state index >= 15 is 0 Å². The van der Waals surface area contributed by atoms with Gasteiger partial charge in [0.2, 0.25) is 0 Å². The quantitative estimate of drug-likeness (QED) is 0.668. The van der Waals surface area contributed by atoms with Crippen LogP contribution in [0.1, 0.15) is 30.1 Å². The summed E-state index contributed by atoms with van der Waals surface area (Å²) in [5.74, 6) is 0.503. The molecule has 1 aliphatic carbocycles. The van der Waals surface area contributed by atoms with Gasteiger partial charge in [-0.15, -0.1) is 5.10 Å². The maximum atomic E-state index is 9.00. The number of hydrogen-bond donors (Lipinski definition) is 2. The van der Waals surface area contributed by atoms with Crippen molar-refractivity contribution in [3.63, 3.8) is 0 Å². The van der Waals surface area contributed by atoms with E-state index in [-0.39, 0.29) is 13.2 Å². The van der Waals surface area contributed by atoms with Crippen LogP contribution in [0.5, 0.6) is 0 Å². The molecule has 0 atom stereocenters. The second-order valence-electron chi connectivity index (χ2n) is 3.30.